The molecule has 1 unspecified atom stereocenters. The maximum absolute atomic E-state index is 11.1. The van der Waals surface area contributed by atoms with Crippen molar-refractivity contribution in [1.29, 1.82) is 0 Å². The molecule has 0 bridgehead atoms. The van der Waals surface area contributed by atoms with Crippen LogP contribution in [0.3, 0.4) is 0 Å². The summed E-state index contributed by atoms with van der Waals surface area (Å²) in [7, 11) is -0.200. The number of ether oxygens (including phenoxy) is 1. The first-order valence-corrected chi connectivity index (χ1v) is 14.8. The monoisotopic (exact) mass is 414 g/mol. The number of esters is 1. The molecule has 0 radical (unpaired) electrons. The van der Waals surface area contributed by atoms with Crippen LogP contribution in [-0.4, -0.2) is 27.5 Å². The SMILES string of the molecule is CCCCCC(CCCCCCCCCCC(=O)OC)O[Si](C)(C)C(C)(C)C. The van der Waals surface area contributed by atoms with Crippen LogP contribution < -0.4 is 0 Å². The van der Waals surface area contributed by atoms with Crippen LogP contribution >= 0.6 is 0 Å². The summed E-state index contributed by atoms with van der Waals surface area (Å²) in [5, 5.41) is 0.296. The molecule has 0 N–H and O–H groups in total. The van der Waals surface area contributed by atoms with Crippen LogP contribution in [0.25, 0.3) is 0 Å². The molecule has 1 atom stereocenters. The largest absolute Gasteiger partial charge is 0.469 e. The molecule has 3 nitrogen and oxygen atoms in total. The second kappa shape index (κ2) is 15.5. The number of rotatable bonds is 17. The highest BCUT2D eigenvalue weighted by atomic mass is 28.4. The first kappa shape index (κ1) is 27.6. The lowest BCUT2D eigenvalue weighted by Crippen LogP contribution is -2.44. The fourth-order valence-electron chi connectivity index (χ4n) is 3.28. The minimum Gasteiger partial charge on any atom is -0.469 e. The highest BCUT2D eigenvalue weighted by molar-refractivity contribution is 6.74. The average molecular weight is 415 g/mol. The van der Waals surface area contributed by atoms with Crippen molar-refractivity contribution in [2.45, 2.75) is 142 Å². The molecular weight excluding hydrogens is 364 g/mol. The van der Waals surface area contributed by atoms with Crippen molar-refractivity contribution in [3.8, 4) is 0 Å². The molecule has 0 spiro atoms. The Balaban J connectivity index is 3.97. The van der Waals surface area contributed by atoms with Gasteiger partial charge in [0.25, 0.3) is 0 Å². The Morgan fingerprint density at radius 2 is 1.29 bits per heavy atom. The summed E-state index contributed by atoms with van der Waals surface area (Å²) in [5.74, 6) is -0.0755. The lowest BCUT2D eigenvalue weighted by Gasteiger charge is -2.39. The maximum atomic E-state index is 11.1. The number of carbonyl (C=O) groups excluding carboxylic acids is 1. The molecule has 0 aliphatic heterocycles. The normalized spacial score (nSPS) is 13.5. The third kappa shape index (κ3) is 13.8. The van der Waals surface area contributed by atoms with E-state index in [1.807, 2.05) is 0 Å². The van der Waals surface area contributed by atoms with Gasteiger partial charge in [0.05, 0.1) is 7.11 Å². The van der Waals surface area contributed by atoms with Gasteiger partial charge in [-0.05, 0) is 37.4 Å². The number of carbonyl (C=O) groups is 1. The van der Waals surface area contributed by atoms with Gasteiger partial charge in [0.2, 0.25) is 0 Å². The van der Waals surface area contributed by atoms with Crippen molar-refractivity contribution in [2.24, 2.45) is 0 Å². The van der Waals surface area contributed by atoms with Crippen LogP contribution in [-0.2, 0) is 14.0 Å². The van der Waals surface area contributed by atoms with Crippen molar-refractivity contribution in [3.63, 3.8) is 0 Å². The molecule has 0 aromatic heterocycles. The Bertz CT molecular complexity index is 388. The molecule has 0 saturated heterocycles. The summed E-state index contributed by atoms with van der Waals surface area (Å²) in [5.41, 5.74) is 0. The number of hydrogen-bond donors (Lipinski definition) is 0. The maximum Gasteiger partial charge on any atom is 0.305 e. The van der Waals surface area contributed by atoms with Crippen LogP contribution in [0.2, 0.25) is 18.1 Å². The van der Waals surface area contributed by atoms with Gasteiger partial charge in [0, 0.05) is 12.5 Å². The third-order valence-electron chi connectivity index (χ3n) is 6.28. The van der Waals surface area contributed by atoms with Gasteiger partial charge in [0.1, 0.15) is 0 Å². The Morgan fingerprint density at radius 1 is 0.821 bits per heavy atom. The van der Waals surface area contributed by atoms with E-state index in [1.54, 1.807) is 0 Å². The third-order valence-corrected chi connectivity index (χ3v) is 10.8. The zero-order valence-electron chi connectivity index (χ0n) is 20.2. The molecule has 0 amide bonds. The summed E-state index contributed by atoms with van der Waals surface area (Å²) in [4.78, 5) is 11.1. The fourth-order valence-corrected chi connectivity index (χ4v) is 4.70. The van der Waals surface area contributed by atoms with Gasteiger partial charge in [-0.25, -0.2) is 0 Å². The smallest absolute Gasteiger partial charge is 0.305 e. The fraction of sp³-hybridized carbons (Fsp3) is 0.958. The van der Waals surface area contributed by atoms with Crippen molar-refractivity contribution in [3.05, 3.63) is 0 Å². The van der Waals surface area contributed by atoms with Gasteiger partial charge in [-0.3, -0.25) is 4.79 Å². The molecule has 0 aliphatic carbocycles. The van der Waals surface area contributed by atoms with Gasteiger partial charge >= 0.3 is 5.97 Å². The van der Waals surface area contributed by atoms with Gasteiger partial charge < -0.3 is 9.16 Å². The summed E-state index contributed by atoms with van der Waals surface area (Å²) in [6, 6.07) is 0. The van der Waals surface area contributed by atoms with Crippen molar-refractivity contribution in [2.75, 3.05) is 7.11 Å². The van der Waals surface area contributed by atoms with E-state index in [2.05, 4.69) is 45.5 Å². The highest BCUT2D eigenvalue weighted by Gasteiger charge is 2.38. The standard InChI is InChI=1S/C24H50O3Si/c1-8-9-16-19-22(27-28(6,7)24(2,3)4)20-17-14-12-10-11-13-15-18-21-23(25)26-5/h22H,8-21H2,1-7H3. The van der Waals surface area contributed by atoms with E-state index in [-0.39, 0.29) is 5.97 Å². The van der Waals surface area contributed by atoms with Crippen molar-refractivity contribution in [1.82, 2.24) is 0 Å². The van der Waals surface area contributed by atoms with E-state index in [4.69, 9.17) is 4.43 Å². The van der Waals surface area contributed by atoms with E-state index < -0.39 is 8.32 Å². The van der Waals surface area contributed by atoms with Gasteiger partial charge in [0.15, 0.2) is 8.32 Å². The Hall–Kier alpha value is -0.353. The molecule has 0 saturated carbocycles. The quantitative estimate of drug-likeness (QED) is 0.137. The van der Waals surface area contributed by atoms with Gasteiger partial charge in [-0.15, -0.1) is 0 Å². The molecule has 28 heavy (non-hydrogen) atoms. The zero-order valence-corrected chi connectivity index (χ0v) is 21.2. The second-order valence-electron chi connectivity index (χ2n) is 9.94. The Morgan fingerprint density at radius 3 is 1.75 bits per heavy atom. The van der Waals surface area contributed by atoms with Gasteiger partial charge in [-0.2, -0.15) is 0 Å². The Kier molecular flexibility index (Phi) is 15.3. The average Bonchev–Trinajstić information content (AvgIpc) is 2.61. The van der Waals surface area contributed by atoms with E-state index >= 15 is 0 Å². The Labute approximate surface area is 177 Å². The molecule has 0 fully saturated rings. The summed E-state index contributed by atoms with van der Waals surface area (Å²) in [6.45, 7) is 14.1. The van der Waals surface area contributed by atoms with Crippen LogP contribution in [0.4, 0.5) is 0 Å². The van der Waals surface area contributed by atoms with Crippen molar-refractivity contribution < 1.29 is 14.0 Å². The number of unbranched alkanes of at least 4 members (excludes halogenated alkanes) is 9. The first-order chi connectivity index (χ1) is 13.1. The highest BCUT2D eigenvalue weighted by Crippen LogP contribution is 2.38. The number of hydrogen-bond acceptors (Lipinski definition) is 3. The molecule has 4 heteroatoms. The van der Waals surface area contributed by atoms with E-state index in [0.29, 0.717) is 17.6 Å². The van der Waals surface area contributed by atoms with Crippen LogP contribution in [0.1, 0.15) is 118 Å². The molecule has 0 heterocycles. The molecule has 0 rings (SSSR count). The topological polar surface area (TPSA) is 35.5 Å². The predicted octanol–water partition coefficient (Wildman–Crippen LogP) is 8.03. The molecule has 0 aromatic rings. The number of methoxy groups -OCH3 is 1. The van der Waals surface area contributed by atoms with Crippen LogP contribution in [0, 0.1) is 0 Å². The summed E-state index contributed by atoms with van der Waals surface area (Å²) in [6.07, 6.45) is 17.4. The first-order valence-electron chi connectivity index (χ1n) is 11.9. The lowest BCUT2D eigenvalue weighted by molar-refractivity contribution is -0.140. The molecule has 168 valence electrons. The minimum atomic E-state index is -1.67. The summed E-state index contributed by atoms with van der Waals surface area (Å²) < 4.78 is 11.4. The molecule has 0 aliphatic rings. The molecule has 0 aromatic carbocycles. The summed E-state index contributed by atoms with van der Waals surface area (Å²) >= 11 is 0. The zero-order chi connectivity index (χ0) is 21.5. The van der Waals surface area contributed by atoms with Crippen molar-refractivity contribution >= 4 is 14.3 Å². The predicted molar refractivity (Wildman–Crippen MR) is 124 cm³/mol. The van der Waals surface area contributed by atoms with Crippen LogP contribution in [0.15, 0.2) is 0 Å². The van der Waals surface area contributed by atoms with E-state index in [1.165, 1.54) is 77.7 Å². The lowest BCUT2D eigenvalue weighted by atomic mass is 10.0. The van der Waals surface area contributed by atoms with E-state index in [9.17, 15) is 4.79 Å². The van der Waals surface area contributed by atoms with E-state index in [0.717, 1.165) is 12.8 Å². The second-order valence-corrected chi connectivity index (χ2v) is 14.7. The van der Waals surface area contributed by atoms with Gasteiger partial charge in [-0.1, -0.05) is 91.9 Å². The molecular formula is C24H50O3Si. The van der Waals surface area contributed by atoms with Crippen LogP contribution in [0.5, 0.6) is 0 Å². The minimum absolute atomic E-state index is 0.0755.